The van der Waals surface area contributed by atoms with Crippen LogP contribution in [-0.4, -0.2) is 29.2 Å². The lowest BCUT2D eigenvalue weighted by molar-refractivity contribution is 0.0134. The summed E-state index contributed by atoms with van der Waals surface area (Å²) in [6, 6.07) is 20.9. The van der Waals surface area contributed by atoms with Gasteiger partial charge < -0.3 is 9.64 Å². The van der Waals surface area contributed by atoms with Gasteiger partial charge in [0.25, 0.3) is 0 Å². The van der Waals surface area contributed by atoms with E-state index in [1.54, 1.807) is 0 Å². The third-order valence-corrected chi connectivity index (χ3v) is 4.72. The van der Waals surface area contributed by atoms with E-state index in [4.69, 9.17) is 4.74 Å². The largest absolute Gasteiger partial charge is 0.444 e. The maximum Gasteiger partial charge on any atom is 0.410 e. The molecule has 3 nitrogen and oxygen atoms in total. The van der Waals surface area contributed by atoms with Crippen molar-refractivity contribution in [2.24, 2.45) is 0 Å². The average Bonchev–Trinajstić information content (AvgIpc) is 2.62. The van der Waals surface area contributed by atoms with Gasteiger partial charge in [-0.1, -0.05) is 72.3 Å². The second-order valence-electron chi connectivity index (χ2n) is 8.18. The standard InChI is InChI=1S/C24H29NO2/c1-24(2,3)27-23(26)25-15-14-21(16-19-10-6-4-7-11-19)18-22(25)17-20-12-8-5-9-13-20/h4-13,16,22H,14-15,17-18H2,1-3H3/b21-16-. The van der Waals surface area contributed by atoms with Crippen molar-refractivity contribution < 1.29 is 9.53 Å². The first-order valence-electron chi connectivity index (χ1n) is 9.69. The Kier molecular flexibility index (Phi) is 6.00. The van der Waals surface area contributed by atoms with Gasteiger partial charge in [0.15, 0.2) is 0 Å². The molecule has 2 aromatic carbocycles. The van der Waals surface area contributed by atoms with E-state index >= 15 is 0 Å². The summed E-state index contributed by atoms with van der Waals surface area (Å²) in [4.78, 5) is 14.7. The van der Waals surface area contributed by atoms with Crippen LogP contribution in [-0.2, 0) is 11.2 Å². The van der Waals surface area contributed by atoms with Crippen LogP contribution in [0.4, 0.5) is 4.79 Å². The van der Waals surface area contributed by atoms with E-state index in [1.807, 2.05) is 37.8 Å². The van der Waals surface area contributed by atoms with E-state index < -0.39 is 5.60 Å². The summed E-state index contributed by atoms with van der Waals surface area (Å²) in [5, 5.41) is 0. The Hall–Kier alpha value is -2.55. The van der Waals surface area contributed by atoms with E-state index in [0.717, 1.165) is 19.3 Å². The van der Waals surface area contributed by atoms with Crippen LogP contribution < -0.4 is 0 Å². The summed E-state index contributed by atoms with van der Waals surface area (Å²) < 4.78 is 5.67. The van der Waals surface area contributed by atoms with Gasteiger partial charge in [-0.3, -0.25) is 0 Å². The van der Waals surface area contributed by atoms with Crippen molar-refractivity contribution in [3.63, 3.8) is 0 Å². The van der Waals surface area contributed by atoms with Gasteiger partial charge in [-0.2, -0.15) is 0 Å². The van der Waals surface area contributed by atoms with E-state index in [-0.39, 0.29) is 12.1 Å². The highest BCUT2D eigenvalue weighted by molar-refractivity contribution is 5.69. The topological polar surface area (TPSA) is 29.5 Å². The monoisotopic (exact) mass is 363 g/mol. The molecule has 3 rings (SSSR count). The number of piperidine rings is 1. The van der Waals surface area contributed by atoms with Crippen molar-refractivity contribution in [2.75, 3.05) is 6.54 Å². The minimum atomic E-state index is -0.478. The fraction of sp³-hybridized carbons (Fsp3) is 0.375. The zero-order chi connectivity index (χ0) is 19.3. The molecule has 0 bridgehead atoms. The molecule has 1 unspecified atom stereocenters. The van der Waals surface area contributed by atoms with Crippen molar-refractivity contribution in [1.29, 1.82) is 0 Å². The zero-order valence-electron chi connectivity index (χ0n) is 16.5. The molecule has 27 heavy (non-hydrogen) atoms. The smallest absolute Gasteiger partial charge is 0.410 e. The predicted octanol–water partition coefficient (Wildman–Crippen LogP) is 5.71. The maximum absolute atomic E-state index is 12.8. The molecule has 0 aliphatic carbocycles. The highest BCUT2D eigenvalue weighted by atomic mass is 16.6. The van der Waals surface area contributed by atoms with Gasteiger partial charge in [0.05, 0.1) is 0 Å². The van der Waals surface area contributed by atoms with Gasteiger partial charge in [0, 0.05) is 12.6 Å². The van der Waals surface area contributed by atoms with Gasteiger partial charge in [-0.15, -0.1) is 0 Å². The summed E-state index contributed by atoms with van der Waals surface area (Å²) in [7, 11) is 0. The Labute approximate surface area is 162 Å². The number of ether oxygens (including phenoxy) is 1. The van der Waals surface area contributed by atoms with Crippen molar-refractivity contribution in [3.05, 3.63) is 77.4 Å². The fourth-order valence-electron chi connectivity index (χ4n) is 3.51. The number of nitrogens with zero attached hydrogens (tertiary/aromatic N) is 1. The molecular weight excluding hydrogens is 334 g/mol. The number of amides is 1. The molecule has 142 valence electrons. The van der Waals surface area contributed by atoms with Crippen LogP contribution in [0.25, 0.3) is 6.08 Å². The molecule has 3 heteroatoms. The molecule has 0 spiro atoms. The third kappa shape index (κ3) is 5.72. The van der Waals surface area contributed by atoms with E-state index in [1.165, 1.54) is 16.7 Å². The molecule has 1 saturated heterocycles. The normalized spacial score (nSPS) is 19.1. The Morgan fingerprint density at radius 3 is 2.33 bits per heavy atom. The first-order valence-corrected chi connectivity index (χ1v) is 9.69. The molecule has 1 amide bonds. The van der Waals surface area contributed by atoms with Crippen LogP contribution in [0, 0.1) is 0 Å². The maximum atomic E-state index is 12.8. The molecule has 1 fully saturated rings. The quantitative estimate of drug-likeness (QED) is 0.699. The van der Waals surface area contributed by atoms with Gasteiger partial charge in [-0.25, -0.2) is 4.79 Å². The fourth-order valence-corrected chi connectivity index (χ4v) is 3.51. The van der Waals surface area contributed by atoms with Crippen molar-refractivity contribution in [2.45, 2.75) is 51.7 Å². The molecule has 2 aromatic rings. The number of carbonyl (C=O) groups excluding carboxylic acids is 1. The first kappa shape index (κ1) is 19.2. The molecular formula is C24H29NO2. The van der Waals surface area contributed by atoms with E-state index in [2.05, 4.69) is 54.6 Å². The lowest BCUT2D eigenvalue weighted by atomic mass is 9.91. The van der Waals surface area contributed by atoms with Gasteiger partial charge in [0.1, 0.15) is 5.60 Å². The van der Waals surface area contributed by atoms with Gasteiger partial charge >= 0.3 is 6.09 Å². The van der Waals surface area contributed by atoms with Crippen molar-refractivity contribution in [3.8, 4) is 0 Å². The SMILES string of the molecule is CC(C)(C)OC(=O)N1CC/C(=C/c2ccccc2)CC1Cc1ccccc1. The second-order valence-corrected chi connectivity index (χ2v) is 8.18. The van der Waals surface area contributed by atoms with Crippen LogP contribution in [0.5, 0.6) is 0 Å². The van der Waals surface area contributed by atoms with Gasteiger partial charge in [-0.05, 0) is 51.2 Å². The Balaban J connectivity index is 1.79. The number of carbonyl (C=O) groups is 1. The van der Waals surface area contributed by atoms with Crippen molar-refractivity contribution in [1.82, 2.24) is 4.90 Å². The van der Waals surface area contributed by atoms with Crippen LogP contribution in [0.1, 0.15) is 44.7 Å². The highest BCUT2D eigenvalue weighted by Gasteiger charge is 2.32. The summed E-state index contributed by atoms with van der Waals surface area (Å²) in [5.41, 5.74) is 3.38. The molecule has 0 aromatic heterocycles. The lowest BCUT2D eigenvalue weighted by Crippen LogP contribution is -2.47. The number of hydrogen-bond donors (Lipinski definition) is 0. The Bertz CT molecular complexity index is 775. The lowest BCUT2D eigenvalue weighted by Gasteiger charge is -2.38. The molecule has 1 atom stereocenters. The third-order valence-electron chi connectivity index (χ3n) is 4.72. The highest BCUT2D eigenvalue weighted by Crippen LogP contribution is 2.28. The minimum Gasteiger partial charge on any atom is -0.444 e. The van der Waals surface area contributed by atoms with Gasteiger partial charge in [0.2, 0.25) is 0 Å². The summed E-state index contributed by atoms with van der Waals surface area (Å²) in [5.74, 6) is 0. The first-order chi connectivity index (χ1) is 12.9. The number of hydrogen-bond acceptors (Lipinski definition) is 2. The summed E-state index contributed by atoms with van der Waals surface area (Å²) in [6.07, 6.45) is 4.67. The molecule has 0 N–H and O–H groups in total. The van der Waals surface area contributed by atoms with Crippen LogP contribution in [0.2, 0.25) is 0 Å². The zero-order valence-corrected chi connectivity index (χ0v) is 16.5. The molecule has 0 saturated carbocycles. The van der Waals surface area contributed by atoms with Crippen LogP contribution >= 0.6 is 0 Å². The van der Waals surface area contributed by atoms with E-state index in [0.29, 0.717) is 6.54 Å². The molecule has 1 heterocycles. The van der Waals surface area contributed by atoms with Crippen LogP contribution in [0.15, 0.2) is 66.2 Å². The molecule has 0 radical (unpaired) electrons. The van der Waals surface area contributed by atoms with E-state index in [9.17, 15) is 4.79 Å². The number of likely N-dealkylation sites (tertiary alicyclic amines) is 1. The molecule has 1 aliphatic rings. The molecule has 1 aliphatic heterocycles. The summed E-state index contributed by atoms with van der Waals surface area (Å²) in [6.45, 7) is 6.45. The Morgan fingerprint density at radius 1 is 1.07 bits per heavy atom. The van der Waals surface area contributed by atoms with Crippen LogP contribution in [0.3, 0.4) is 0 Å². The minimum absolute atomic E-state index is 0.117. The Morgan fingerprint density at radius 2 is 1.70 bits per heavy atom. The summed E-state index contributed by atoms with van der Waals surface area (Å²) >= 11 is 0. The average molecular weight is 364 g/mol. The predicted molar refractivity (Wildman–Crippen MR) is 111 cm³/mol. The van der Waals surface area contributed by atoms with Crippen molar-refractivity contribution >= 4 is 12.2 Å². The number of benzene rings is 2. The number of rotatable bonds is 3. The second kappa shape index (κ2) is 8.43.